The maximum Gasteiger partial charge on any atom is 0.240 e. The second-order valence-electron chi connectivity index (χ2n) is 2.77. The van der Waals surface area contributed by atoms with Crippen molar-refractivity contribution in [2.24, 2.45) is 0 Å². The third-order valence-electron chi connectivity index (χ3n) is 1.90. The molecule has 3 heteroatoms. The fourth-order valence-corrected chi connectivity index (χ4v) is 1.64. The lowest BCUT2D eigenvalue weighted by Gasteiger charge is -2.23. The van der Waals surface area contributed by atoms with Gasteiger partial charge in [-0.2, -0.15) is 0 Å². The SMILES string of the molecule is FC1CC(Cl)c2ccccc2O1. The van der Waals surface area contributed by atoms with Crippen LogP contribution in [0.15, 0.2) is 24.3 Å². The van der Waals surface area contributed by atoms with Gasteiger partial charge in [0, 0.05) is 12.0 Å². The van der Waals surface area contributed by atoms with E-state index in [-0.39, 0.29) is 11.8 Å². The van der Waals surface area contributed by atoms with Crippen LogP contribution in [-0.4, -0.2) is 6.36 Å². The minimum atomic E-state index is -1.26. The van der Waals surface area contributed by atoms with E-state index in [0.717, 1.165) is 5.56 Å². The van der Waals surface area contributed by atoms with Gasteiger partial charge in [0.15, 0.2) is 0 Å². The lowest BCUT2D eigenvalue weighted by molar-refractivity contribution is 0.0460. The van der Waals surface area contributed by atoms with Crippen molar-refractivity contribution in [3.05, 3.63) is 29.8 Å². The fourth-order valence-electron chi connectivity index (χ4n) is 1.32. The van der Waals surface area contributed by atoms with Gasteiger partial charge in [-0.3, -0.25) is 0 Å². The van der Waals surface area contributed by atoms with E-state index in [1.54, 1.807) is 12.1 Å². The van der Waals surface area contributed by atoms with Gasteiger partial charge in [-0.1, -0.05) is 18.2 Å². The van der Waals surface area contributed by atoms with Crippen LogP contribution in [0.2, 0.25) is 0 Å². The summed E-state index contributed by atoms with van der Waals surface area (Å²) in [5, 5.41) is -0.259. The molecule has 0 saturated heterocycles. The van der Waals surface area contributed by atoms with Crippen molar-refractivity contribution in [2.45, 2.75) is 18.2 Å². The number of benzene rings is 1. The van der Waals surface area contributed by atoms with Crippen molar-refractivity contribution in [3.8, 4) is 5.75 Å². The summed E-state index contributed by atoms with van der Waals surface area (Å²) in [7, 11) is 0. The molecule has 2 unspecified atom stereocenters. The topological polar surface area (TPSA) is 9.23 Å². The van der Waals surface area contributed by atoms with Crippen LogP contribution in [0.1, 0.15) is 17.4 Å². The normalized spacial score (nSPS) is 27.5. The highest BCUT2D eigenvalue weighted by Crippen LogP contribution is 2.38. The van der Waals surface area contributed by atoms with Crippen molar-refractivity contribution in [3.63, 3.8) is 0 Å². The summed E-state index contributed by atoms with van der Waals surface area (Å²) in [6.45, 7) is 0. The summed E-state index contributed by atoms with van der Waals surface area (Å²) in [5.74, 6) is 0.566. The number of hydrogen-bond acceptors (Lipinski definition) is 1. The quantitative estimate of drug-likeness (QED) is 0.566. The van der Waals surface area contributed by atoms with Crippen LogP contribution in [0, 0.1) is 0 Å². The first-order chi connectivity index (χ1) is 5.77. The van der Waals surface area contributed by atoms with Crippen molar-refractivity contribution < 1.29 is 9.13 Å². The molecule has 0 saturated carbocycles. The molecule has 0 aliphatic carbocycles. The number of hydrogen-bond donors (Lipinski definition) is 0. The zero-order valence-corrected chi connectivity index (χ0v) is 7.09. The molecule has 2 atom stereocenters. The van der Waals surface area contributed by atoms with Gasteiger partial charge in [0.25, 0.3) is 0 Å². The first kappa shape index (κ1) is 7.87. The second-order valence-corrected chi connectivity index (χ2v) is 3.30. The average molecular weight is 187 g/mol. The molecule has 0 amide bonds. The minimum absolute atomic E-state index is 0.235. The fraction of sp³-hybridized carbons (Fsp3) is 0.333. The lowest BCUT2D eigenvalue weighted by Crippen LogP contribution is -2.18. The van der Waals surface area contributed by atoms with E-state index in [4.69, 9.17) is 16.3 Å². The van der Waals surface area contributed by atoms with Gasteiger partial charge in [-0.25, -0.2) is 4.39 Å². The van der Waals surface area contributed by atoms with E-state index in [1.807, 2.05) is 12.1 Å². The maximum absolute atomic E-state index is 12.8. The van der Waals surface area contributed by atoms with Crippen LogP contribution in [0.25, 0.3) is 0 Å². The highest BCUT2D eigenvalue weighted by molar-refractivity contribution is 6.21. The van der Waals surface area contributed by atoms with E-state index in [2.05, 4.69) is 0 Å². The predicted octanol–water partition coefficient (Wildman–Crippen LogP) is 3.04. The molecular formula is C9H8ClFO. The maximum atomic E-state index is 12.8. The Labute approximate surface area is 75.1 Å². The first-order valence-electron chi connectivity index (χ1n) is 3.81. The molecular weight excluding hydrogens is 179 g/mol. The standard InChI is InChI=1S/C9H8ClFO/c10-7-5-9(11)12-8-4-2-1-3-6(7)8/h1-4,7,9H,5H2. The molecule has 1 aromatic carbocycles. The van der Waals surface area contributed by atoms with Gasteiger partial charge in [0.1, 0.15) is 5.75 Å². The second kappa shape index (κ2) is 2.94. The van der Waals surface area contributed by atoms with Crippen LogP contribution >= 0.6 is 11.6 Å². The first-order valence-corrected chi connectivity index (χ1v) is 4.25. The largest absolute Gasteiger partial charge is 0.460 e. The number of alkyl halides is 2. The molecule has 0 N–H and O–H groups in total. The monoisotopic (exact) mass is 186 g/mol. The summed E-state index contributed by atoms with van der Waals surface area (Å²) in [4.78, 5) is 0. The third kappa shape index (κ3) is 1.27. The summed E-state index contributed by atoms with van der Waals surface area (Å²) >= 11 is 5.92. The molecule has 1 heterocycles. The molecule has 1 nitrogen and oxygen atoms in total. The highest BCUT2D eigenvalue weighted by atomic mass is 35.5. The van der Waals surface area contributed by atoms with E-state index >= 15 is 0 Å². The molecule has 1 aromatic rings. The molecule has 0 radical (unpaired) electrons. The van der Waals surface area contributed by atoms with Gasteiger partial charge in [-0.15, -0.1) is 11.6 Å². The molecule has 0 fully saturated rings. The van der Waals surface area contributed by atoms with Crippen LogP contribution in [0.3, 0.4) is 0 Å². The summed E-state index contributed by atoms with van der Waals surface area (Å²) < 4.78 is 17.8. The Morgan fingerprint density at radius 1 is 1.42 bits per heavy atom. The zero-order valence-electron chi connectivity index (χ0n) is 6.34. The smallest absolute Gasteiger partial charge is 0.240 e. The Balaban J connectivity index is 2.40. The van der Waals surface area contributed by atoms with E-state index in [0.29, 0.717) is 5.75 Å². The van der Waals surface area contributed by atoms with Gasteiger partial charge in [0.05, 0.1) is 5.38 Å². The molecule has 64 valence electrons. The van der Waals surface area contributed by atoms with Crippen molar-refractivity contribution in [2.75, 3.05) is 0 Å². The van der Waals surface area contributed by atoms with Crippen LogP contribution in [-0.2, 0) is 0 Å². The number of ether oxygens (including phenoxy) is 1. The summed E-state index contributed by atoms with van der Waals surface area (Å²) in [6.07, 6.45) is -1.03. The van der Waals surface area contributed by atoms with Crippen molar-refractivity contribution in [1.29, 1.82) is 0 Å². The molecule has 0 bridgehead atoms. The van der Waals surface area contributed by atoms with Gasteiger partial charge in [-0.05, 0) is 6.07 Å². The Kier molecular flexibility index (Phi) is 1.93. The molecule has 1 aliphatic heterocycles. The van der Waals surface area contributed by atoms with Gasteiger partial charge >= 0.3 is 0 Å². The Morgan fingerprint density at radius 2 is 2.17 bits per heavy atom. The van der Waals surface area contributed by atoms with E-state index in [1.165, 1.54) is 0 Å². The zero-order chi connectivity index (χ0) is 8.55. The van der Waals surface area contributed by atoms with Crippen LogP contribution < -0.4 is 4.74 Å². The number of fused-ring (bicyclic) bond motifs is 1. The Bertz CT molecular complexity index is 290. The average Bonchev–Trinajstić information content (AvgIpc) is 2.04. The van der Waals surface area contributed by atoms with Crippen molar-refractivity contribution in [1.82, 2.24) is 0 Å². The third-order valence-corrected chi connectivity index (χ3v) is 2.32. The molecule has 0 aromatic heterocycles. The summed E-state index contributed by atoms with van der Waals surface area (Å²) in [5.41, 5.74) is 0.882. The number of rotatable bonds is 0. The molecule has 1 aliphatic rings. The molecule has 12 heavy (non-hydrogen) atoms. The molecule has 0 spiro atoms. The minimum Gasteiger partial charge on any atom is -0.460 e. The number of para-hydroxylation sites is 1. The van der Waals surface area contributed by atoms with E-state index < -0.39 is 6.36 Å². The predicted molar refractivity (Wildman–Crippen MR) is 45.2 cm³/mol. The lowest BCUT2D eigenvalue weighted by atomic mass is 10.1. The number of halogens is 2. The Hall–Kier alpha value is -0.760. The van der Waals surface area contributed by atoms with E-state index in [9.17, 15) is 4.39 Å². The highest BCUT2D eigenvalue weighted by Gasteiger charge is 2.25. The Morgan fingerprint density at radius 3 is 3.00 bits per heavy atom. The summed E-state index contributed by atoms with van der Waals surface area (Å²) in [6, 6.07) is 7.27. The molecule has 2 rings (SSSR count). The van der Waals surface area contributed by atoms with Gasteiger partial charge < -0.3 is 4.74 Å². The van der Waals surface area contributed by atoms with Gasteiger partial charge in [0.2, 0.25) is 6.36 Å². The van der Waals surface area contributed by atoms with Crippen LogP contribution in [0.5, 0.6) is 5.75 Å². The van der Waals surface area contributed by atoms with Crippen LogP contribution in [0.4, 0.5) is 4.39 Å². The van der Waals surface area contributed by atoms with Crippen molar-refractivity contribution >= 4 is 11.6 Å².